The second kappa shape index (κ2) is 48.6. The number of aliphatic imine (C=N–C) groups is 1. The van der Waals surface area contributed by atoms with Crippen molar-refractivity contribution in [1.82, 2.24) is 63.6 Å². The quantitative estimate of drug-likeness (QED) is 0.0304. The average molecular weight is 1890 g/mol. The number of nitrogens with one attached hydrogen (secondary N) is 1. The lowest BCUT2D eigenvalue weighted by Gasteiger charge is -2.35. The van der Waals surface area contributed by atoms with Crippen LogP contribution < -0.4 is 23.5 Å². The minimum atomic E-state index is -0.769. The number of amides is 4. The number of halogens is 3. The number of carbonyl (C=O) groups is 6. The summed E-state index contributed by atoms with van der Waals surface area (Å²) in [5.74, 6) is 2.81. The number of nitrogens with zero attached hydrogens (tertiary/aromatic N) is 13. The Morgan fingerprint density at radius 1 is 0.436 bits per heavy atom. The number of hydrogen-bond donors (Lipinski definition) is 3. The van der Waals surface area contributed by atoms with Crippen LogP contribution in [-0.4, -0.2) is 185 Å². The van der Waals surface area contributed by atoms with Crippen molar-refractivity contribution >= 4 is 104 Å². The predicted octanol–water partition coefficient (Wildman–Crippen LogP) is 18.7. The van der Waals surface area contributed by atoms with Gasteiger partial charge >= 0.3 is 36.6 Å². The number of aryl methyl sites for hydroxylation is 3. The molecule has 31 heteroatoms. The summed E-state index contributed by atoms with van der Waals surface area (Å²) in [5.41, 5.74) is 17.5. The predicted molar refractivity (Wildman–Crippen MR) is 519 cm³/mol. The van der Waals surface area contributed by atoms with Crippen LogP contribution in [0.1, 0.15) is 277 Å². The Balaban J connectivity index is 0.000000200. The number of aromatic amines is 1. The maximum Gasteiger partial charge on any atom is 0.420 e. The lowest BCUT2D eigenvalue weighted by molar-refractivity contribution is -0.698. The number of aromatic nitrogens is 9. The number of nitrogens with two attached hydrogens (primary N) is 2. The number of ether oxygens (including phenoxy) is 6. The molecule has 4 amide bonds. The number of H-pyrrole nitrogens is 1. The summed E-state index contributed by atoms with van der Waals surface area (Å²) in [7, 11) is 0. The fourth-order valence-corrected chi connectivity index (χ4v) is 16.4. The number of unbranched alkanes of at least 4 members (excludes halogenated alkanes) is 3. The lowest BCUT2D eigenvalue weighted by atomic mass is 9.90. The van der Waals surface area contributed by atoms with E-state index < -0.39 is 70.2 Å². The van der Waals surface area contributed by atoms with Crippen molar-refractivity contribution in [1.29, 1.82) is 0 Å². The van der Waals surface area contributed by atoms with E-state index in [4.69, 9.17) is 77.3 Å². The van der Waals surface area contributed by atoms with E-state index in [0.29, 0.717) is 78.5 Å². The number of imidazole rings is 3. The van der Waals surface area contributed by atoms with Crippen LogP contribution in [0, 0.1) is 0 Å². The van der Waals surface area contributed by atoms with Gasteiger partial charge in [0.15, 0.2) is 0 Å². The van der Waals surface area contributed by atoms with Gasteiger partial charge < -0.3 is 56.9 Å². The van der Waals surface area contributed by atoms with E-state index in [2.05, 4.69) is 77.5 Å². The molecule has 0 fully saturated rings. The van der Waals surface area contributed by atoms with Gasteiger partial charge in [-0.05, 0) is 317 Å². The molecule has 10 aromatic rings. The molecule has 1 aliphatic heterocycles. The fraction of sp³-hybridized carbons (Fsp3) is 0.520. The van der Waals surface area contributed by atoms with Crippen LogP contribution in [0.3, 0.4) is 0 Å². The van der Waals surface area contributed by atoms with E-state index in [1.54, 1.807) is 87.7 Å². The average Bonchev–Trinajstić information content (AvgIpc) is 1.57. The van der Waals surface area contributed by atoms with E-state index in [9.17, 15) is 28.8 Å². The third-order valence-corrected chi connectivity index (χ3v) is 22.2. The summed E-state index contributed by atoms with van der Waals surface area (Å²) in [4.78, 5) is 120. The minimum absolute atomic E-state index is 0. The molecule has 4 aromatic carbocycles. The van der Waals surface area contributed by atoms with Crippen LogP contribution >= 0.6 is 23.2 Å². The second-order valence-electron chi connectivity index (χ2n) is 39.7. The number of alkyl halides is 2. The molecule has 6 aromatic heterocycles. The number of pyridine rings is 3. The molecule has 0 saturated heterocycles. The lowest BCUT2D eigenvalue weighted by Crippen LogP contribution is -3.00. The Morgan fingerprint density at radius 2 is 0.835 bits per heavy atom. The largest absolute Gasteiger partial charge is 1.00 e. The third-order valence-electron chi connectivity index (χ3n) is 21.7. The molecular weight excluding hydrogens is 1750 g/mol. The van der Waals surface area contributed by atoms with Gasteiger partial charge in [-0.3, -0.25) is 29.7 Å². The zero-order valence-electron chi connectivity index (χ0n) is 81.1. The Morgan fingerprint density at radius 3 is 1.30 bits per heavy atom. The number of para-hydroxylation sites is 7. The van der Waals surface area contributed by atoms with Gasteiger partial charge in [0.25, 0.3) is 0 Å². The van der Waals surface area contributed by atoms with E-state index in [-0.39, 0.29) is 37.4 Å². The Hall–Kier alpha value is -10.5. The third kappa shape index (κ3) is 32.7. The van der Waals surface area contributed by atoms with Gasteiger partial charge in [-0.1, -0.05) is 72.8 Å². The fourth-order valence-electron chi connectivity index (χ4n) is 16.1. The molecule has 133 heavy (non-hydrogen) atoms. The van der Waals surface area contributed by atoms with Crippen LogP contribution in [0.15, 0.2) is 157 Å². The first-order chi connectivity index (χ1) is 62.5. The SMILES string of the molecule is CC(C)(C)OC(=O)N(CCCCN(Cc1nc2ccccc2n1C(=O)OC(C)(C)C)[C@H]1CCCc2cccnc21)C(=O)OC(C)(C)C.CC(C)(C)OC(=O)N(CCCC[NH2+][C@H]1CCCc2cccnc21)C(=O)OC(C)(C)C.CC(C)(C)OC(=O)n1c(CCl)nc2ccccc21.ClCC1=Nc2ccccc2C1.NCCCCN(Cc1nc2ccccc2[nH]1)[C@H]1CCCc2cccnc21.[Cl-]. The maximum absolute atomic E-state index is 13.6. The maximum atomic E-state index is 13.6. The second-order valence-corrected chi connectivity index (χ2v) is 40.2. The van der Waals surface area contributed by atoms with E-state index in [1.807, 2.05) is 151 Å². The molecule has 720 valence electrons. The van der Waals surface area contributed by atoms with E-state index in [1.165, 1.54) is 51.1 Å². The van der Waals surface area contributed by atoms with Crippen molar-refractivity contribution in [2.45, 2.75) is 298 Å². The van der Waals surface area contributed by atoms with Gasteiger partial charge in [-0.15, -0.1) is 23.2 Å². The van der Waals surface area contributed by atoms with Crippen LogP contribution in [0.2, 0.25) is 0 Å². The molecule has 0 bridgehead atoms. The van der Waals surface area contributed by atoms with Gasteiger partial charge in [0, 0.05) is 50.2 Å². The number of rotatable bonds is 23. The highest BCUT2D eigenvalue weighted by Gasteiger charge is 2.37. The Bertz CT molecular complexity index is 5430. The molecule has 0 saturated carbocycles. The molecule has 0 unspecified atom stereocenters. The standard InChI is InChI=1S/C36H51N5O6.C23H37N3O4.C21H27N5.C13H15ClN2O2.C9H8ClN.ClH/c1-34(2,3)45-31(42)40(32(43)46-35(4,5)6)23-13-12-22-39(28-20-14-16-25-17-15-21-37-30(25)28)24-29-38-26-18-10-11-19-27(26)41(29)33(44)47-36(7,8)9;1-22(2,3)29-20(27)26(21(28)30-23(4,5)6)16-8-7-14-24-18-13-9-11-17-12-10-15-25-19(17)18;22-12-3-4-14-26(15-20-24-17-9-1-2-10-18(17)25-20)19-11-5-7-16-8-6-13-23-21(16)19;1-13(2,3)18-12(17)16-10-7-5-4-6-9(10)15-11(16)8-14;10-6-8-5-7-3-1-2-4-9(7)11-8;/h10-11,15,17-19,21,28H,12-14,16,20,22-24H2,1-9H3;10,12,15,18,24H,7-9,11,13-14,16H2,1-6H3;1-2,6,8-10,13,19H,3-5,7,11-12,14-15,22H2,(H,24,25);4-7H,8H2,1-3H3;1-4H,5-6H2;1H/t28-;18-;19-;;;/m000.../s1. The number of quaternary nitrogens is 1. The van der Waals surface area contributed by atoms with E-state index >= 15 is 0 Å². The van der Waals surface area contributed by atoms with Crippen LogP contribution in [0.4, 0.5) is 34.5 Å². The number of imide groups is 2. The van der Waals surface area contributed by atoms with Crippen molar-refractivity contribution in [3.8, 4) is 0 Å². The highest BCUT2D eigenvalue weighted by molar-refractivity contribution is 6.29. The molecule has 28 nitrogen and oxygen atoms in total. The summed E-state index contributed by atoms with van der Waals surface area (Å²) < 4.78 is 36.0. The van der Waals surface area contributed by atoms with E-state index in [0.717, 1.165) is 146 Å². The Kier molecular flexibility index (Phi) is 38.8. The summed E-state index contributed by atoms with van der Waals surface area (Å²) in [6.45, 7) is 37.1. The summed E-state index contributed by atoms with van der Waals surface area (Å²) >= 11 is 11.5. The zero-order valence-corrected chi connectivity index (χ0v) is 83.3. The van der Waals surface area contributed by atoms with Crippen molar-refractivity contribution in [3.63, 3.8) is 0 Å². The van der Waals surface area contributed by atoms with Crippen LogP contribution in [-0.2, 0) is 73.1 Å². The number of benzene rings is 4. The molecule has 7 heterocycles. The minimum Gasteiger partial charge on any atom is -1.00 e. The molecule has 5 N–H and O–H groups in total. The molecule has 0 spiro atoms. The monoisotopic (exact) mass is 1880 g/mol. The van der Waals surface area contributed by atoms with Gasteiger partial charge in [0.05, 0.1) is 93.7 Å². The topological polar surface area (TPSA) is 329 Å². The summed E-state index contributed by atoms with van der Waals surface area (Å²) in [5, 5.41) is 2.33. The zero-order chi connectivity index (χ0) is 95.7. The summed E-state index contributed by atoms with van der Waals surface area (Å²) in [6.07, 6.45) is 17.5. The number of carbonyl (C=O) groups excluding carboxylic acids is 6. The van der Waals surface area contributed by atoms with Crippen molar-refractivity contribution in [2.75, 3.05) is 45.1 Å². The van der Waals surface area contributed by atoms with Crippen LogP contribution in [0.5, 0.6) is 0 Å². The molecule has 3 aliphatic carbocycles. The number of hydrogen-bond acceptors (Lipinski definition) is 22. The van der Waals surface area contributed by atoms with Crippen LogP contribution in [0.25, 0.3) is 33.1 Å². The van der Waals surface area contributed by atoms with Gasteiger partial charge in [-0.25, -0.2) is 62.7 Å². The molecular formula is C102H139Cl3N16O12. The highest BCUT2D eigenvalue weighted by Crippen LogP contribution is 2.38. The summed E-state index contributed by atoms with van der Waals surface area (Å²) in [6, 6.07) is 44.6. The normalized spacial score (nSPS) is 15.2. The molecule has 0 radical (unpaired) electrons. The molecule has 3 atom stereocenters. The first kappa shape index (κ1) is 106. The van der Waals surface area contributed by atoms with Crippen molar-refractivity contribution in [3.05, 3.63) is 209 Å². The highest BCUT2D eigenvalue weighted by atomic mass is 35.5. The number of fused-ring (bicyclic) bond motifs is 7. The Labute approximate surface area is 800 Å². The first-order valence-corrected chi connectivity index (χ1v) is 47.5. The van der Waals surface area contributed by atoms with Gasteiger partial charge in [0.1, 0.15) is 62.8 Å². The van der Waals surface area contributed by atoms with Crippen molar-refractivity contribution < 1.29 is 74.9 Å². The molecule has 4 aliphatic rings. The smallest absolute Gasteiger partial charge is 0.420 e. The first-order valence-electron chi connectivity index (χ1n) is 46.4. The van der Waals surface area contributed by atoms with Gasteiger partial charge in [-0.2, -0.15) is 0 Å². The van der Waals surface area contributed by atoms with Crippen molar-refractivity contribution in [2.24, 2.45) is 10.7 Å². The van der Waals surface area contributed by atoms with Gasteiger partial charge in [0.2, 0.25) is 0 Å². The molecule has 14 rings (SSSR count).